The van der Waals surface area contributed by atoms with Crippen LogP contribution in [0.5, 0.6) is 0 Å². The molecular formula is C59H103NO5. The number of carbonyl (C=O) groups is 2. The molecule has 374 valence electrons. The number of nitrogens with one attached hydrogen (secondary N) is 1. The molecule has 0 aromatic heterocycles. The van der Waals surface area contributed by atoms with E-state index in [1.165, 1.54) is 89.9 Å². The standard InChI is InChI=1S/C59H103NO5/c1-4-7-10-13-16-19-22-25-28-29-30-31-34-37-40-43-46-49-52-59(64)65-55(50-47-44-41-38-35-32-26-23-20-17-14-11-8-5-2)53-58(63)60-56(54-61)57(62)51-48-45-42-39-36-33-27-24-21-18-15-12-9-6-3/h8,11,16-17,19-20,22,25-26,28-32,55-57,61-62H,4-7,9-10,12-15,18,21,23-24,27,33-54H2,1-3H3,(H,60,63)/b11-8+,19-16+,20-17+,25-22+,29-28+,31-30+,32-26+. The molecule has 0 rings (SSSR count). The molecule has 0 saturated carbocycles. The van der Waals surface area contributed by atoms with Crippen molar-refractivity contribution in [2.24, 2.45) is 0 Å². The van der Waals surface area contributed by atoms with Gasteiger partial charge in [-0.3, -0.25) is 9.59 Å². The van der Waals surface area contributed by atoms with Crippen LogP contribution in [0.25, 0.3) is 0 Å². The van der Waals surface area contributed by atoms with Gasteiger partial charge in [0.05, 0.1) is 25.2 Å². The maximum atomic E-state index is 13.2. The fraction of sp³-hybridized carbons (Fsp3) is 0.729. The largest absolute Gasteiger partial charge is 0.462 e. The summed E-state index contributed by atoms with van der Waals surface area (Å²) in [5.41, 5.74) is 0. The van der Waals surface area contributed by atoms with Crippen LogP contribution in [0.3, 0.4) is 0 Å². The first-order chi connectivity index (χ1) is 32.0. The highest BCUT2D eigenvalue weighted by atomic mass is 16.5. The summed E-state index contributed by atoms with van der Waals surface area (Å²) in [4.78, 5) is 26.2. The van der Waals surface area contributed by atoms with Gasteiger partial charge in [0.1, 0.15) is 6.10 Å². The third-order valence-electron chi connectivity index (χ3n) is 12.1. The van der Waals surface area contributed by atoms with Crippen LogP contribution < -0.4 is 5.32 Å². The van der Waals surface area contributed by atoms with Crippen LogP contribution in [0.4, 0.5) is 0 Å². The van der Waals surface area contributed by atoms with E-state index in [0.717, 1.165) is 116 Å². The average molecular weight is 906 g/mol. The van der Waals surface area contributed by atoms with Crippen LogP contribution in [-0.2, 0) is 14.3 Å². The van der Waals surface area contributed by atoms with Gasteiger partial charge in [0.25, 0.3) is 0 Å². The Morgan fingerprint density at radius 2 is 0.892 bits per heavy atom. The van der Waals surface area contributed by atoms with E-state index in [-0.39, 0.29) is 24.9 Å². The zero-order valence-electron chi connectivity index (χ0n) is 42.6. The van der Waals surface area contributed by atoms with Crippen LogP contribution in [0.2, 0.25) is 0 Å². The smallest absolute Gasteiger partial charge is 0.306 e. The van der Waals surface area contributed by atoms with Gasteiger partial charge in [-0.2, -0.15) is 0 Å². The SMILES string of the molecule is CC/C=C/C/C=C/C/C=C/CCCCCCC(CC(=O)NC(CO)C(O)CCCCCCCCCCCCCCCC)OC(=O)CCCCCCC/C=C/C=C/C=C/C=C/CCCCC. The lowest BCUT2D eigenvalue weighted by atomic mass is 10.0. The number of hydrogen-bond acceptors (Lipinski definition) is 5. The number of amides is 1. The molecule has 0 aromatic carbocycles. The van der Waals surface area contributed by atoms with Crippen molar-refractivity contribution < 1.29 is 24.5 Å². The molecule has 0 aliphatic rings. The zero-order chi connectivity index (χ0) is 47.4. The van der Waals surface area contributed by atoms with Gasteiger partial charge < -0.3 is 20.3 Å². The zero-order valence-corrected chi connectivity index (χ0v) is 42.6. The first-order valence-corrected chi connectivity index (χ1v) is 27.4. The van der Waals surface area contributed by atoms with E-state index in [2.05, 4.69) is 111 Å². The lowest BCUT2D eigenvalue weighted by Crippen LogP contribution is -2.46. The summed E-state index contributed by atoms with van der Waals surface area (Å²) in [6.45, 7) is 6.33. The number of ether oxygens (including phenoxy) is 1. The lowest BCUT2D eigenvalue weighted by Gasteiger charge is -2.24. The Hall–Kier alpha value is -2.96. The van der Waals surface area contributed by atoms with Crippen LogP contribution in [0.15, 0.2) is 85.1 Å². The molecule has 0 bridgehead atoms. The molecule has 0 spiro atoms. The minimum atomic E-state index is -0.803. The lowest BCUT2D eigenvalue weighted by molar-refractivity contribution is -0.151. The quantitative estimate of drug-likeness (QED) is 0.0245. The molecule has 3 atom stereocenters. The Kier molecular flexibility index (Phi) is 49.6. The second-order valence-electron chi connectivity index (χ2n) is 18.3. The van der Waals surface area contributed by atoms with Crippen molar-refractivity contribution in [2.45, 2.75) is 270 Å². The summed E-state index contributed by atoms with van der Waals surface area (Å²) in [7, 11) is 0. The highest BCUT2D eigenvalue weighted by molar-refractivity contribution is 5.77. The van der Waals surface area contributed by atoms with Gasteiger partial charge in [-0.15, -0.1) is 0 Å². The van der Waals surface area contributed by atoms with Gasteiger partial charge in [0.2, 0.25) is 5.91 Å². The fourth-order valence-electron chi connectivity index (χ4n) is 7.93. The predicted molar refractivity (Wildman–Crippen MR) is 282 cm³/mol. The highest BCUT2D eigenvalue weighted by Gasteiger charge is 2.24. The summed E-state index contributed by atoms with van der Waals surface area (Å²) in [5.74, 6) is -0.524. The van der Waals surface area contributed by atoms with Gasteiger partial charge in [0.15, 0.2) is 0 Å². The first kappa shape index (κ1) is 62.0. The summed E-state index contributed by atoms with van der Waals surface area (Å²) in [5, 5.41) is 23.8. The number of hydrogen-bond donors (Lipinski definition) is 3. The van der Waals surface area contributed by atoms with Crippen molar-refractivity contribution in [3.05, 3.63) is 85.1 Å². The number of aliphatic hydroxyl groups excluding tert-OH is 2. The van der Waals surface area contributed by atoms with Crippen LogP contribution in [-0.4, -0.2) is 46.9 Å². The summed E-state index contributed by atoms with van der Waals surface area (Å²) in [6, 6.07) is -0.719. The Bertz CT molecular complexity index is 1250. The van der Waals surface area contributed by atoms with E-state index >= 15 is 0 Å². The Morgan fingerprint density at radius 1 is 0.477 bits per heavy atom. The number of unbranched alkanes of at least 4 members (excludes halogenated alkanes) is 25. The van der Waals surface area contributed by atoms with Crippen molar-refractivity contribution in [3.8, 4) is 0 Å². The minimum Gasteiger partial charge on any atom is -0.462 e. The summed E-state index contributed by atoms with van der Waals surface area (Å²) < 4.78 is 5.93. The maximum absolute atomic E-state index is 13.2. The summed E-state index contributed by atoms with van der Waals surface area (Å²) in [6.07, 6.45) is 67.8. The maximum Gasteiger partial charge on any atom is 0.306 e. The molecule has 6 nitrogen and oxygen atoms in total. The van der Waals surface area contributed by atoms with Crippen LogP contribution in [0.1, 0.15) is 252 Å². The van der Waals surface area contributed by atoms with Crippen LogP contribution in [0, 0.1) is 0 Å². The summed E-state index contributed by atoms with van der Waals surface area (Å²) >= 11 is 0. The number of aliphatic hydroxyl groups is 2. The Labute approximate surface area is 402 Å². The third-order valence-corrected chi connectivity index (χ3v) is 12.1. The van der Waals surface area contributed by atoms with Gasteiger partial charge in [0, 0.05) is 6.42 Å². The van der Waals surface area contributed by atoms with Crippen molar-refractivity contribution in [3.63, 3.8) is 0 Å². The van der Waals surface area contributed by atoms with Gasteiger partial charge >= 0.3 is 5.97 Å². The molecule has 6 heteroatoms. The van der Waals surface area contributed by atoms with E-state index in [9.17, 15) is 19.8 Å². The van der Waals surface area contributed by atoms with Gasteiger partial charge in [-0.25, -0.2) is 0 Å². The Morgan fingerprint density at radius 3 is 1.43 bits per heavy atom. The number of esters is 1. The molecule has 0 aliphatic carbocycles. The number of carbonyl (C=O) groups excluding carboxylic acids is 2. The van der Waals surface area contributed by atoms with E-state index in [1.807, 2.05) is 0 Å². The van der Waals surface area contributed by atoms with Gasteiger partial charge in [-0.1, -0.05) is 241 Å². The van der Waals surface area contributed by atoms with Crippen molar-refractivity contribution in [2.75, 3.05) is 6.61 Å². The monoisotopic (exact) mass is 906 g/mol. The Balaban J connectivity index is 4.65. The number of allylic oxidation sites excluding steroid dienone is 14. The normalized spacial score (nSPS) is 13.9. The van der Waals surface area contributed by atoms with E-state index < -0.39 is 18.2 Å². The number of rotatable bonds is 48. The van der Waals surface area contributed by atoms with Crippen LogP contribution >= 0.6 is 0 Å². The third kappa shape index (κ3) is 47.3. The van der Waals surface area contributed by atoms with E-state index in [4.69, 9.17) is 4.74 Å². The van der Waals surface area contributed by atoms with Crippen molar-refractivity contribution in [1.29, 1.82) is 0 Å². The van der Waals surface area contributed by atoms with Crippen molar-refractivity contribution >= 4 is 11.9 Å². The van der Waals surface area contributed by atoms with Crippen molar-refractivity contribution in [1.82, 2.24) is 5.32 Å². The molecule has 0 fully saturated rings. The van der Waals surface area contributed by atoms with Gasteiger partial charge in [-0.05, 0) is 83.5 Å². The first-order valence-electron chi connectivity index (χ1n) is 27.4. The second kappa shape index (κ2) is 52.0. The molecule has 3 unspecified atom stereocenters. The van der Waals surface area contributed by atoms with E-state index in [0.29, 0.717) is 19.3 Å². The molecule has 0 aromatic rings. The molecule has 0 saturated heterocycles. The molecule has 3 N–H and O–H groups in total. The molecular weight excluding hydrogens is 803 g/mol. The molecule has 0 aliphatic heterocycles. The molecule has 0 radical (unpaired) electrons. The molecule has 1 amide bonds. The fourth-order valence-corrected chi connectivity index (χ4v) is 7.93. The second-order valence-corrected chi connectivity index (χ2v) is 18.3. The van der Waals surface area contributed by atoms with E-state index in [1.54, 1.807) is 0 Å². The predicted octanol–water partition coefficient (Wildman–Crippen LogP) is 16.7. The highest BCUT2D eigenvalue weighted by Crippen LogP contribution is 2.18. The average Bonchev–Trinajstić information content (AvgIpc) is 3.30. The topological polar surface area (TPSA) is 95.9 Å². The minimum absolute atomic E-state index is 0.0491. The molecule has 0 heterocycles. The molecule has 65 heavy (non-hydrogen) atoms.